The van der Waals surface area contributed by atoms with Crippen molar-refractivity contribution in [2.45, 2.75) is 0 Å². The molecule has 5 nitrogen and oxygen atoms in total. The number of carbonyl (C=O) groups is 2. The second-order valence-corrected chi connectivity index (χ2v) is 8.91. The van der Waals surface area contributed by atoms with Gasteiger partial charge in [0.15, 0.2) is 0 Å². The summed E-state index contributed by atoms with van der Waals surface area (Å²) < 4.78 is 7.62. The van der Waals surface area contributed by atoms with E-state index in [4.69, 9.17) is 4.74 Å². The summed E-state index contributed by atoms with van der Waals surface area (Å²) in [4.78, 5) is 24.9. The number of rotatable bonds is 6. The number of hydrogen-bond donors (Lipinski definition) is 2. The van der Waals surface area contributed by atoms with Crippen molar-refractivity contribution in [3.8, 4) is 11.5 Å². The number of anilines is 2. The number of hydrogen-bond acceptors (Lipinski definition) is 3. The Hall–Kier alpha value is -3.42. The van der Waals surface area contributed by atoms with Gasteiger partial charge < -0.3 is 15.4 Å². The Kier molecular flexibility index (Phi) is 7.22. The average molecular weight is 566 g/mol. The molecule has 2 N–H and O–H groups in total. The van der Waals surface area contributed by atoms with Crippen molar-refractivity contribution < 1.29 is 14.3 Å². The lowest BCUT2D eigenvalue weighted by molar-refractivity contribution is 0.101. The highest BCUT2D eigenvalue weighted by atomic mass is 79.9. The van der Waals surface area contributed by atoms with Crippen LogP contribution in [0.25, 0.3) is 0 Å². The maximum Gasteiger partial charge on any atom is 0.255 e. The molecule has 4 aromatic carbocycles. The van der Waals surface area contributed by atoms with Gasteiger partial charge in [-0.25, -0.2) is 0 Å². The summed E-state index contributed by atoms with van der Waals surface area (Å²) in [5.41, 5.74) is 2.45. The predicted octanol–water partition coefficient (Wildman–Crippen LogP) is 7.51. The van der Waals surface area contributed by atoms with Crippen molar-refractivity contribution >= 4 is 55.0 Å². The van der Waals surface area contributed by atoms with Crippen LogP contribution in [-0.2, 0) is 0 Å². The van der Waals surface area contributed by atoms with E-state index in [9.17, 15) is 9.59 Å². The largest absolute Gasteiger partial charge is 0.457 e. The van der Waals surface area contributed by atoms with Gasteiger partial charge in [-0.05, 0) is 84.9 Å². The molecule has 0 unspecified atom stereocenters. The SMILES string of the molecule is O=C(Nc1cccc(Br)c1)c1ccc(Oc2ccc(C(=O)Nc3cccc(Br)c3)cc2)cc1. The van der Waals surface area contributed by atoms with Gasteiger partial charge >= 0.3 is 0 Å². The van der Waals surface area contributed by atoms with Gasteiger partial charge in [0.05, 0.1) is 0 Å². The topological polar surface area (TPSA) is 67.4 Å². The third-order valence-electron chi connectivity index (χ3n) is 4.63. The van der Waals surface area contributed by atoms with Gasteiger partial charge in [0.2, 0.25) is 0 Å². The van der Waals surface area contributed by atoms with Crippen molar-refractivity contribution in [1.29, 1.82) is 0 Å². The molecule has 0 bridgehead atoms. The molecule has 164 valence electrons. The first-order valence-electron chi connectivity index (χ1n) is 9.98. The number of nitrogens with one attached hydrogen (secondary N) is 2. The third-order valence-corrected chi connectivity index (χ3v) is 5.62. The predicted molar refractivity (Wildman–Crippen MR) is 137 cm³/mol. The Morgan fingerprint density at radius 2 is 0.970 bits per heavy atom. The van der Waals surface area contributed by atoms with E-state index in [1.165, 1.54) is 0 Å². The minimum Gasteiger partial charge on any atom is -0.457 e. The highest BCUT2D eigenvalue weighted by Crippen LogP contribution is 2.24. The first kappa shape index (κ1) is 22.8. The van der Waals surface area contributed by atoms with Gasteiger partial charge in [-0.3, -0.25) is 9.59 Å². The van der Waals surface area contributed by atoms with Crippen LogP contribution in [0.5, 0.6) is 11.5 Å². The summed E-state index contributed by atoms with van der Waals surface area (Å²) in [6, 6.07) is 28.5. The lowest BCUT2D eigenvalue weighted by Gasteiger charge is -2.09. The smallest absolute Gasteiger partial charge is 0.255 e. The van der Waals surface area contributed by atoms with Crippen molar-refractivity contribution in [2.75, 3.05) is 10.6 Å². The molecule has 0 aromatic heterocycles. The lowest BCUT2D eigenvalue weighted by atomic mass is 10.2. The Bertz CT molecular complexity index is 1190. The van der Waals surface area contributed by atoms with Crippen LogP contribution in [0.15, 0.2) is 106 Å². The first-order valence-corrected chi connectivity index (χ1v) is 11.6. The Morgan fingerprint density at radius 3 is 1.33 bits per heavy atom. The van der Waals surface area contributed by atoms with Crippen LogP contribution >= 0.6 is 31.9 Å². The molecule has 4 aromatic rings. The van der Waals surface area contributed by atoms with E-state index in [0.29, 0.717) is 34.0 Å². The molecule has 0 heterocycles. The average Bonchev–Trinajstić information content (AvgIpc) is 2.80. The normalized spacial score (nSPS) is 10.4. The third kappa shape index (κ3) is 6.31. The number of halogens is 2. The summed E-state index contributed by atoms with van der Waals surface area (Å²) >= 11 is 6.77. The van der Waals surface area contributed by atoms with E-state index in [2.05, 4.69) is 42.5 Å². The molecule has 0 spiro atoms. The molecule has 0 aliphatic rings. The van der Waals surface area contributed by atoms with E-state index in [-0.39, 0.29) is 11.8 Å². The molecule has 0 aliphatic carbocycles. The lowest BCUT2D eigenvalue weighted by Crippen LogP contribution is -2.11. The van der Waals surface area contributed by atoms with Gasteiger partial charge in [0.25, 0.3) is 11.8 Å². The molecular formula is C26H18Br2N2O3. The van der Waals surface area contributed by atoms with Crippen LogP contribution in [0, 0.1) is 0 Å². The van der Waals surface area contributed by atoms with Gasteiger partial charge in [-0.1, -0.05) is 44.0 Å². The highest BCUT2D eigenvalue weighted by Gasteiger charge is 2.09. The van der Waals surface area contributed by atoms with Crippen LogP contribution in [0.3, 0.4) is 0 Å². The Morgan fingerprint density at radius 1 is 0.576 bits per heavy atom. The second-order valence-electron chi connectivity index (χ2n) is 7.08. The quantitative estimate of drug-likeness (QED) is 0.254. The van der Waals surface area contributed by atoms with E-state index in [0.717, 1.165) is 8.95 Å². The summed E-state index contributed by atoms with van der Waals surface area (Å²) in [5.74, 6) is 0.751. The molecule has 0 radical (unpaired) electrons. The van der Waals surface area contributed by atoms with Gasteiger partial charge in [-0.15, -0.1) is 0 Å². The molecule has 0 saturated carbocycles. The van der Waals surface area contributed by atoms with Gasteiger partial charge in [0.1, 0.15) is 11.5 Å². The molecule has 4 rings (SSSR count). The number of ether oxygens (including phenoxy) is 1. The van der Waals surface area contributed by atoms with Crippen molar-refractivity contribution in [3.05, 3.63) is 117 Å². The zero-order valence-corrected chi connectivity index (χ0v) is 20.4. The Labute approximate surface area is 208 Å². The van der Waals surface area contributed by atoms with Crippen molar-refractivity contribution in [3.63, 3.8) is 0 Å². The maximum absolute atomic E-state index is 12.4. The molecular weight excluding hydrogens is 548 g/mol. The number of benzene rings is 4. The van der Waals surface area contributed by atoms with Crippen molar-refractivity contribution in [1.82, 2.24) is 0 Å². The highest BCUT2D eigenvalue weighted by molar-refractivity contribution is 9.10. The second kappa shape index (κ2) is 10.5. The van der Waals surface area contributed by atoms with Gasteiger partial charge in [0, 0.05) is 31.4 Å². The molecule has 2 amide bonds. The van der Waals surface area contributed by atoms with Crippen LogP contribution < -0.4 is 15.4 Å². The van der Waals surface area contributed by atoms with E-state index in [1.807, 2.05) is 48.5 Å². The zero-order valence-electron chi connectivity index (χ0n) is 17.2. The van der Waals surface area contributed by atoms with E-state index >= 15 is 0 Å². The minimum atomic E-state index is -0.208. The zero-order chi connectivity index (χ0) is 23.2. The van der Waals surface area contributed by atoms with Crippen molar-refractivity contribution in [2.24, 2.45) is 0 Å². The monoisotopic (exact) mass is 564 g/mol. The molecule has 0 saturated heterocycles. The summed E-state index contributed by atoms with van der Waals surface area (Å²) in [5, 5.41) is 5.71. The summed E-state index contributed by atoms with van der Waals surface area (Å²) in [6.45, 7) is 0. The molecule has 33 heavy (non-hydrogen) atoms. The molecule has 7 heteroatoms. The molecule has 0 fully saturated rings. The number of carbonyl (C=O) groups excluding carboxylic acids is 2. The first-order chi connectivity index (χ1) is 16.0. The van der Waals surface area contributed by atoms with Crippen LogP contribution in [0.2, 0.25) is 0 Å². The summed E-state index contributed by atoms with van der Waals surface area (Å²) in [7, 11) is 0. The minimum absolute atomic E-state index is 0.208. The van der Waals surface area contributed by atoms with E-state index in [1.54, 1.807) is 48.5 Å². The van der Waals surface area contributed by atoms with Crippen LogP contribution in [0.4, 0.5) is 11.4 Å². The maximum atomic E-state index is 12.4. The number of amides is 2. The summed E-state index contributed by atoms with van der Waals surface area (Å²) in [6.07, 6.45) is 0. The van der Waals surface area contributed by atoms with Crippen LogP contribution in [-0.4, -0.2) is 11.8 Å². The Balaban J connectivity index is 1.36. The standard InChI is InChI=1S/C26H18Br2N2O3/c27-19-3-1-5-21(15-19)29-25(31)17-7-11-23(12-8-17)33-24-13-9-18(10-14-24)26(32)30-22-6-2-4-20(28)16-22/h1-16H,(H,29,31)(H,30,32). The fourth-order valence-corrected chi connectivity index (χ4v) is 3.82. The fourth-order valence-electron chi connectivity index (χ4n) is 3.02. The molecule has 0 atom stereocenters. The van der Waals surface area contributed by atoms with E-state index < -0.39 is 0 Å². The van der Waals surface area contributed by atoms with Gasteiger partial charge in [-0.2, -0.15) is 0 Å². The molecule has 0 aliphatic heterocycles. The van der Waals surface area contributed by atoms with Crippen LogP contribution in [0.1, 0.15) is 20.7 Å². The fraction of sp³-hybridized carbons (Fsp3) is 0.